The average molecular weight is 1380 g/mol. The molecule has 0 aliphatic heterocycles. The van der Waals surface area contributed by atoms with Crippen LogP contribution in [0.4, 0.5) is 5.82 Å². The minimum Gasteiger partial charge on any atom is -0.478 e. The number of esters is 3. The molecule has 10 heterocycles. The summed E-state index contributed by atoms with van der Waals surface area (Å²) in [4.78, 5) is 126. The number of methoxy groups -OCH3 is 3. The second-order valence-electron chi connectivity index (χ2n) is 18.9. The predicted molar refractivity (Wildman–Crippen MR) is 334 cm³/mol. The van der Waals surface area contributed by atoms with Gasteiger partial charge in [-0.05, 0) is 130 Å². The second-order valence-corrected chi connectivity index (χ2v) is 21.1. The Morgan fingerprint density at radius 2 is 0.826 bits per heavy atom. The molecule has 10 aromatic heterocycles. The monoisotopic (exact) mass is 1380 g/mol. The van der Waals surface area contributed by atoms with Crippen LogP contribution in [0.1, 0.15) is 121 Å². The number of nitrogens with zero attached hydrogens (tertiary/aromatic N) is 13. The van der Waals surface area contributed by atoms with Gasteiger partial charge in [0.05, 0.1) is 79.5 Å². The lowest BCUT2D eigenvalue weighted by molar-refractivity contribution is -0.127. The Hall–Kier alpha value is -9.81. The van der Waals surface area contributed by atoms with Crippen molar-refractivity contribution >= 4 is 144 Å². The Labute approximate surface area is 550 Å². The molecule has 28 nitrogen and oxygen atoms in total. The molecule has 0 atom stereocenters. The summed E-state index contributed by atoms with van der Waals surface area (Å²) >= 11 is 32.4. The maximum absolute atomic E-state index is 12.4. The number of carboxylic acids is 1. The van der Waals surface area contributed by atoms with E-state index in [0.29, 0.717) is 66.4 Å². The van der Waals surface area contributed by atoms with Crippen molar-refractivity contribution in [2.45, 2.75) is 53.1 Å². The Kier molecular flexibility index (Phi) is 26.4. The second kappa shape index (κ2) is 33.3. The Morgan fingerprint density at radius 3 is 1.13 bits per heavy atom. The number of pyridine rings is 4. The van der Waals surface area contributed by atoms with Crippen molar-refractivity contribution < 1.29 is 67.6 Å². The van der Waals surface area contributed by atoms with Crippen molar-refractivity contribution in [3.63, 3.8) is 0 Å². The topological polar surface area (TPSA) is 390 Å². The molecule has 0 aliphatic rings. The molecular weight excluding hydrogens is 1330 g/mol. The van der Waals surface area contributed by atoms with Crippen molar-refractivity contribution in [1.82, 2.24) is 63.7 Å². The van der Waals surface area contributed by atoms with Crippen LogP contribution in [-0.4, -0.2) is 146 Å². The molecular formula is C58H50Cl6N14O14. The van der Waals surface area contributed by atoms with Crippen molar-refractivity contribution in [3.05, 3.63) is 199 Å². The first-order chi connectivity index (χ1) is 43.3. The molecule has 478 valence electrons. The fourth-order valence-corrected chi connectivity index (χ4v) is 8.02. The van der Waals surface area contributed by atoms with E-state index in [0.717, 1.165) is 23.3 Å². The van der Waals surface area contributed by atoms with Gasteiger partial charge in [0.15, 0.2) is 28.5 Å². The lowest BCUT2D eigenvalue weighted by atomic mass is 10.0. The van der Waals surface area contributed by atoms with Crippen LogP contribution in [-0.2, 0) is 42.2 Å². The summed E-state index contributed by atoms with van der Waals surface area (Å²) in [6.45, 7) is 8.86. The highest BCUT2D eigenvalue weighted by Gasteiger charge is 2.20. The maximum atomic E-state index is 12.4. The number of ether oxygens (including phenoxy) is 3. The van der Waals surface area contributed by atoms with Gasteiger partial charge in [-0.1, -0.05) is 34.8 Å². The number of ketones is 2. The van der Waals surface area contributed by atoms with Gasteiger partial charge in [0.25, 0.3) is 5.24 Å². The first kappa shape index (κ1) is 72.9. The van der Waals surface area contributed by atoms with Crippen LogP contribution >= 0.6 is 69.6 Å². The van der Waals surface area contributed by atoms with E-state index in [2.05, 4.69) is 87.6 Å². The Bertz CT molecular complexity index is 4290. The number of halogens is 6. The first-order valence-corrected chi connectivity index (χ1v) is 28.1. The van der Waals surface area contributed by atoms with Gasteiger partial charge in [0.2, 0.25) is 0 Å². The number of aryl methyl sites for hydroxylation is 3. The van der Waals surface area contributed by atoms with Gasteiger partial charge in [-0.25, -0.2) is 62.6 Å². The van der Waals surface area contributed by atoms with E-state index in [-0.39, 0.29) is 52.6 Å². The maximum Gasteiger partial charge on any atom is 0.356 e. The zero-order chi connectivity index (χ0) is 68.3. The van der Waals surface area contributed by atoms with Gasteiger partial charge >= 0.3 is 34.4 Å². The normalized spacial score (nSPS) is 10.5. The van der Waals surface area contributed by atoms with Crippen LogP contribution in [0.25, 0.3) is 16.9 Å². The number of carbonyl (C=O) groups excluding carboxylic acids is 8. The number of hydrogen-bond acceptors (Lipinski definition) is 24. The molecule has 0 spiro atoms. The zero-order valence-corrected chi connectivity index (χ0v) is 53.8. The van der Waals surface area contributed by atoms with Crippen LogP contribution in [0.15, 0.2) is 110 Å². The number of aromatic carboxylic acids is 1. The number of rotatable bonds is 13. The van der Waals surface area contributed by atoms with Crippen molar-refractivity contribution in [3.8, 4) is 0 Å². The van der Waals surface area contributed by atoms with Crippen LogP contribution < -0.4 is 5.73 Å². The number of nitrogen functional groups attached to an aromatic ring is 1. The van der Waals surface area contributed by atoms with Gasteiger partial charge in [-0.3, -0.25) is 29.0 Å². The number of aromatic nitrogens is 13. The number of fused-ring (bicyclic) bond motifs is 3. The van der Waals surface area contributed by atoms with E-state index in [1.54, 1.807) is 60.8 Å². The number of carboxylic acid groups (broad SMARTS) is 1. The highest BCUT2D eigenvalue weighted by atomic mass is 35.5. The number of aliphatic hydroxyl groups is 1. The fourth-order valence-electron chi connectivity index (χ4n) is 7.17. The molecule has 0 amide bonds. The Morgan fingerprint density at radius 1 is 0.489 bits per heavy atom. The van der Waals surface area contributed by atoms with Crippen molar-refractivity contribution in [2.24, 2.45) is 0 Å². The Balaban J connectivity index is 0.000000210. The fraction of sp³-hybridized carbons (Fsp3) is 0.190. The van der Waals surface area contributed by atoms with Gasteiger partial charge in [0.1, 0.15) is 44.0 Å². The molecule has 0 radical (unpaired) electrons. The third-order valence-electron chi connectivity index (χ3n) is 11.5. The van der Waals surface area contributed by atoms with Gasteiger partial charge in [-0.15, -0.1) is 0 Å². The summed E-state index contributed by atoms with van der Waals surface area (Å²) in [6.07, 6.45) is 5.33. The summed E-state index contributed by atoms with van der Waals surface area (Å²) < 4.78 is 18.0. The average Bonchev–Trinajstić information content (AvgIpc) is 1.66. The highest BCUT2D eigenvalue weighted by Crippen LogP contribution is 2.21. The number of carbonyl (C=O) groups is 9. The van der Waals surface area contributed by atoms with Gasteiger partial charge in [0, 0.05) is 60.2 Å². The molecule has 0 aliphatic carbocycles. The molecule has 0 fully saturated rings. The third kappa shape index (κ3) is 21.2. The van der Waals surface area contributed by atoms with Crippen LogP contribution in [0.5, 0.6) is 0 Å². The minimum atomic E-state index is -1.14. The van der Waals surface area contributed by atoms with E-state index in [1.165, 1.54) is 85.3 Å². The van der Waals surface area contributed by atoms with Crippen molar-refractivity contribution in [2.75, 3.05) is 27.1 Å². The first-order valence-electron chi connectivity index (χ1n) is 25.9. The lowest BCUT2D eigenvalue weighted by Crippen LogP contribution is -2.18. The van der Waals surface area contributed by atoms with E-state index in [9.17, 15) is 48.3 Å². The number of Topliss-reactive ketones (excluding diaryl/α,β-unsaturated/α-hetero) is 2. The molecule has 0 aromatic carbocycles. The largest absolute Gasteiger partial charge is 0.478 e. The summed E-state index contributed by atoms with van der Waals surface area (Å²) in [7, 11) is 3.76. The summed E-state index contributed by atoms with van der Waals surface area (Å²) in [5.74, 6) is -2.65. The highest BCUT2D eigenvalue weighted by molar-refractivity contribution is 6.97. The van der Waals surface area contributed by atoms with Crippen molar-refractivity contribution in [1.29, 1.82) is 0 Å². The molecule has 0 bridgehead atoms. The molecule has 0 saturated carbocycles. The molecule has 10 rings (SSSR count). The minimum absolute atomic E-state index is 0.0349. The molecule has 34 heteroatoms. The van der Waals surface area contributed by atoms with E-state index in [1.807, 2.05) is 26.8 Å². The molecule has 0 saturated heterocycles. The smallest absolute Gasteiger partial charge is 0.356 e. The number of nitrogens with two attached hydrogens (primary N) is 1. The van der Waals surface area contributed by atoms with E-state index >= 15 is 0 Å². The molecule has 10 aromatic rings. The SMILES string of the molecule is COC(=O)c1ccc(C(=O)Cc2cc(Cl)n3nc(C)cc3n2)cn1.COC(=O)c1ccc(C(=O)Cl)cn1.COC(=O)c1ccc(C(=O)O)cn1.Cc1cc2nc(CC(=O)c3ccc(C(C)(C)O)nc3)cc(Cl)n2n1.Cc1cc2nc(N)cc(Cl)n2n1.O=C(Cl)C(=O)Cl. The zero-order valence-electron chi connectivity index (χ0n) is 49.3. The molecule has 0 unspecified atom stereocenters. The van der Waals surface area contributed by atoms with Crippen LogP contribution in [0, 0.1) is 20.8 Å². The van der Waals surface area contributed by atoms with E-state index in [4.69, 9.17) is 57.2 Å². The molecule has 4 N–H and O–H groups in total. The van der Waals surface area contributed by atoms with Crippen LogP contribution in [0.2, 0.25) is 15.5 Å². The molecule has 92 heavy (non-hydrogen) atoms. The summed E-state index contributed by atoms with van der Waals surface area (Å²) in [5, 5.41) is 29.4. The summed E-state index contributed by atoms with van der Waals surface area (Å²) in [6, 6.07) is 21.9. The van der Waals surface area contributed by atoms with Gasteiger partial charge in [-0.2, -0.15) is 15.3 Å². The standard InChI is InChI=1S/C17H17ClN4O2.C16H13ClN4O3.C8H6ClNO3.C8H7NO4.C7H7ClN4.C2Cl2O2/c1-10-6-16-20-12(8-15(18)22(16)21-10)7-13(23)11-4-5-14(19-9-11)17(2,3)24;1-9-5-15-19-11(7-14(17)21(15)20-9)6-13(22)10-3-4-12(18-8-10)16(23)24-2;1-13-8(12)6-3-2-5(4-10-6)7(9)11;1-13-8(12)6-3-2-5(4-9-6)7(10)11;1-4-2-7-10-6(9)3-5(8)12(7)11-4;3-1(5)2(4)6/h4-6,8-9,24H,7H2,1-3H3;3-5,7-8H,6H2,1-2H3;2-4H,1H3;2-4H,1H3,(H,10,11);2-3H,1H3,(H2,9,10);. The lowest BCUT2D eigenvalue weighted by Gasteiger charge is -2.16. The van der Waals surface area contributed by atoms with Crippen LogP contribution in [0.3, 0.4) is 0 Å². The third-order valence-corrected chi connectivity index (χ3v) is 12.9. The number of hydrogen-bond donors (Lipinski definition) is 3. The quantitative estimate of drug-likeness (QED) is 0.0243. The summed E-state index contributed by atoms with van der Waals surface area (Å²) in [5.41, 5.74) is 11.9. The van der Waals surface area contributed by atoms with Gasteiger partial charge < -0.3 is 30.2 Å². The number of anilines is 1. The predicted octanol–water partition coefficient (Wildman–Crippen LogP) is 8.64. The van der Waals surface area contributed by atoms with E-state index < -0.39 is 45.2 Å².